The van der Waals surface area contributed by atoms with Gasteiger partial charge in [0.25, 0.3) is 0 Å². The normalized spacial score (nSPS) is 16.4. The Morgan fingerprint density at radius 3 is 2.07 bits per heavy atom. The molecule has 0 rings (SSSR count). The van der Waals surface area contributed by atoms with Crippen LogP contribution in [0.4, 0.5) is 0 Å². The zero-order chi connectivity index (χ0) is 11.9. The molecule has 0 saturated carbocycles. The van der Waals surface area contributed by atoms with Gasteiger partial charge in [0.1, 0.15) is 6.79 Å². The van der Waals surface area contributed by atoms with Crippen molar-refractivity contribution in [3.8, 4) is 0 Å². The molecule has 0 aromatic carbocycles. The Morgan fingerprint density at radius 1 is 1.13 bits per heavy atom. The van der Waals surface area contributed by atoms with E-state index in [0.717, 1.165) is 6.42 Å². The molecule has 0 radical (unpaired) electrons. The standard InChI is InChI=1S/C13H28O2/c1-6-8-9-13(7-2,10-15-11-14)12(3,4)5/h14H,6-11H2,1-5H3. The molecule has 0 saturated heterocycles. The molecule has 0 aliphatic rings. The number of unbranched alkanes of at least 4 members (excludes halogenated alkanes) is 1. The van der Waals surface area contributed by atoms with E-state index in [2.05, 4.69) is 34.6 Å². The summed E-state index contributed by atoms with van der Waals surface area (Å²) in [4.78, 5) is 0. The van der Waals surface area contributed by atoms with Crippen LogP contribution < -0.4 is 0 Å². The van der Waals surface area contributed by atoms with Gasteiger partial charge in [-0.3, -0.25) is 0 Å². The highest BCUT2D eigenvalue weighted by molar-refractivity contribution is 4.89. The quantitative estimate of drug-likeness (QED) is 0.659. The molecule has 2 nitrogen and oxygen atoms in total. The van der Waals surface area contributed by atoms with Crippen LogP contribution in [0.1, 0.15) is 60.3 Å². The third-order valence-electron chi connectivity index (χ3n) is 3.75. The first-order valence-corrected chi connectivity index (χ1v) is 6.12. The number of hydrogen-bond donors (Lipinski definition) is 1. The molecule has 0 aliphatic carbocycles. The van der Waals surface area contributed by atoms with E-state index in [1.807, 2.05) is 0 Å². The molecule has 1 atom stereocenters. The van der Waals surface area contributed by atoms with Gasteiger partial charge in [-0.15, -0.1) is 0 Å². The Balaban J connectivity index is 4.60. The van der Waals surface area contributed by atoms with Crippen molar-refractivity contribution in [3.05, 3.63) is 0 Å². The van der Waals surface area contributed by atoms with Crippen LogP contribution in [-0.2, 0) is 4.74 Å². The van der Waals surface area contributed by atoms with E-state index in [9.17, 15) is 0 Å². The third kappa shape index (κ3) is 4.12. The lowest BCUT2D eigenvalue weighted by atomic mass is 9.63. The fraction of sp³-hybridized carbons (Fsp3) is 1.00. The second-order valence-electron chi connectivity index (χ2n) is 5.46. The van der Waals surface area contributed by atoms with Gasteiger partial charge in [0, 0.05) is 0 Å². The van der Waals surface area contributed by atoms with Gasteiger partial charge in [0.15, 0.2) is 0 Å². The molecular formula is C13H28O2. The molecule has 0 aromatic heterocycles. The molecule has 0 bridgehead atoms. The molecule has 0 aromatic rings. The van der Waals surface area contributed by atoms with E-state index in [4.69, 9.17) is 9.84 Å². The first-order chi connectivity index (χ1) is 6.93. The Hall–Kier alpha value is -0.0800. The molecule has 0 spiro atoms. The second kappa shape index (κ2) is 6.49. The zero-order valence-electron chi connectivity index (χ0n) is 11.1. The molecular weight excluding hydrogens is 188 g/mol. The van der Waals surface area contributed by atoms with Crippen LogP contribution >= 0.6 is 0 Å². The first-order valence-electron chi connectivity index (χ1n) is 6.12. The molecule has 0 heterocycles. The minimum atomic E-state index is -0.163. The lowest BCUT2D eigenvalue weighted by Crippen LogP contribution is -2.39. The Bertz CT molecular complexity index is 150. The zero-order valence-corrected chi connectivity index (χ0v) is 11.1. The van der Waals surface area contributed by atoms with E-state index >= 15 is 0 Å². The highest BCUT2D eigenvalue weighted by atomic mass is 16.6. The summed E-state index contributed by atoms with van der Waals surface area (Å²) in [5.41, 5.74) is 0.428. The lowest BCUT2D eigenvalue weighted by molar-refractivity contribution is -0.0852. The van der Waals surface area contributed by atoms with Crippen molar-refractivity contribution in [2.24, 2.45) is 10.8 Å². The van der Waals surface area contributed by atoms with Crippen molar-refractivity contribution in [2.45, 2.75) is 60.3 Å². The van der Waals surface area contributed by atoms with Gasteiger partial charge in [-0.1, -0.05) is 47.5 Å². The maximum absolute atomic E-state index is 8.79. The average Bonchev–Trinajstić information content (AvgIpc) is 2.17. The van der Waals surface area contributed by atoms with Crippen LogP contribution in [0.15, 0.2) is 0 Å². The van der Waals surface area contributed by atoms with Crippen LogP contribution in [0.25, 0.3) is 0 Å². The summed E-state index contributed by atoms with van der Waals surface area (Å²) in [6, 6.07) is 0. The largest absolute Gasteiger partial charge is 0.371 e. The van der Waals surface area contributed by atoms with Crippen molar-refractivity contribution in [2.75, 3.05) is 13.4 Å². The van der Waals surface area contributed by atoms with Gasteiger partial charge < -0.3 is 9.84 Å². The lowest BCUT2D eigenvalue weighted by Gasteiger charge is -2.44. The molecule has 1 N–H and O–H groups in total. The molecule has 0 amide bonds. The van der Waals surface area contributed by atoms with Crippen LogP contribution in [-0.4, -0.2) is 18.5 Å². The van der Waals surface area contributed by atoms with E-state index in [0.29, 0.717) is 6.61 Å². The van der Waals surface area contributed by atoms with Gasteiger partial charge in [-0.05, 0) is 23.7 Å². The SMILES string of the molecule is CCCCC(CC)(COCO)C(C)(C)C. The fourth-order valence-electron chi connectivity index (χ4n) is 2.23. The summed E-state index contributed by atoms with van der Waals surface area (Å²) in [7, 11) is 0. The highest BCUT2D eigenvalue weighted by Gasteiger charge is 2.39. The summed E-state index contributed by atoms with van der Waals surface area (Å²) in [6.07, 6.45) is 4.75. The van der Waals surface area contributed by atoms with Gasteiger partial charge in [-0.2, -0.15) is 0 Å². The van der Waals surface area contributed by atoms with E-state index < -0.39 is 0 Å². The number of rotatable bonds is 7. The van der Waals surface area contributed by atoms with Crippen molar-refractivity contribution in [3.63, 3.8) is 0 Å². The van der Waals surface area contributed by atoms with E-state index in [-0.39, 0.29) is 17.6 Å². The molecule has 0 fully saturated rings. The minimum absolute atomic E-state index is 0.163. The van der Waals surface area contributed by atoms with Gasteiger partial charge in [-0.25, -0.2) is 0 Å². The highest BCUT2D eigenvalue weighted by Crippen LogP contribution is 2.45. The smallest absolute Gasteiger partial charge is 0.143 e. The molecule has 1 unspecified atom stereocenters. The Morgan fingerprint density at radius 2 is 1.73 bits per heavy atom. The van der Waals surface area contributed by atoms with Gasteiger partial charge in [0.05, 0.1) is 6.61 Å². The minimum Gasteiger partial charge on any atom is -0.371 e. The summed E-state index contributed by atoms with van der Waals surface area (Å²) in [5, 5.41) is 8.79. The topological polar surface area (TPSA) is 29.5 Å². The number of aliphatic hydroxyl groups excluding tert-OH is 1. The predicted molar refractivity (Wildman–Crippen MR) is 64.7 cm³/mol. The molecule has 15 heavy (non-hydrogen) atoms. The predicted octanol–water partition coefficient (Wildman–Crippen LogP) is 3.59. The molecule has 92 valence electrons. The first kappa shape index (κ1) is 14.9. The maximum atomic E-state index is 8.79. The summed E-state index contributed by atoms with van der Waals surface area (Å²) in [6.45, 7) is 11.8. The van der Waals surface area contributed by atoms with E-state index in [1.54, 1.807) is 0 Å². The van der Waals surface area contributed by atoms with Gasteiger partial charge >= 0.3 is 0 Å². The number of hydrogen-bond acceptors (Lipinski definition) is 2. The van der Waals surface area contributed by atoms with Crippen LogP contribution in [0.2, 0.25) is 0 Å². The second-order valence-corrected chi connectivity index (χ2v) is 5.46. The molecule has 2 heteroatoms. The molecule has 0 aliphatic heterocycles. The van der Waals surface area contributed by atoms with Crippen molar-refractivity contribution >= 4 is 0 Å². The fourth-order valence-corrected chi connectivity index (χ4v) is 2.23. The Labute approximate surface area is 95.0 Å². The summed E-state index contributed by atoms with van der Waals surface area (Å²) < 4.78 is 5.27. The third-order valence-corrected chi connectivity index (χ3v) is 3.75. The number of ether oxygens (including phenoxy) is 1. The van der Waals surface area contributed by atoms with Crippen molar-refractivity contribution in [1.82, 2.24) is 0 Å². The van der Waals surface area contributed by atoms with Crippen LogP contribution in [0.5, 0.6) is 0 Å². The van der Waals surface area contributed by atoms with Crippen LogP contribution in [0, 0.1) is 10.8 Å². The monoisotopic (exact) mass is 216 g/mol. The van der Waals surface area contributed by atoms with Crippen molar-refractivity contribution < 1.29 is 9.84 Å². The van der Waals surface area contributed by atoms with Crippen molar-refractivity contribution in [1.29, 1.82) is 0 Å². The number of aliphatic hydroxyl groups is 1. The summed E-state index contributed by atoms with van der Waals surface area (Å²) in [5.74, 6) is 0. The van der Waals surface area contributed by atoms with E-state index in [1.165, 1.54) is 19.3 Å². The van der Waals surface area contributed by atoms with Gasteiger partial charge in [0.2, 0.25) is 0 Å². The summed E-state index contributed by atoms with van der Waals surface area (Å²) >= 11 is 0. The maximum Gasteiger partial charge on any atom is 0.143 e. The average molecular weight is 216 g/mol. The van der Waals surface area contributed by atoms with Crippen LogP contribution in [0.3, 0.4) is 0 Å². The Kier molecular flexibility index (Phi) is 6.46.